The Morgan fingerprint density at radius 2 is 1.93 bits per heavy atom. The second-order valence-corrected chi connectivity index (χ2v) is 8.36. The van der Waals surface area contributed by atoms with Crippen LogP contribution in [0.25, 0.3) is 11.5 Å². The van der Waals surface area contributed by atoms with E-state index in [0.717, 1.165) is 41.2 Å². The van der Waals surface area contributed by atoms with Crippen molar-refractivity contribution in [1.82, 2.24) is 14.8 Å². The summed E-state index contributed by atoms with van der Waals surface area (Å²) < 4.78 is 13.1. The maximum atomic E-state index is 12.8. The van der Waals surface area contributed by atoms with Crippen molar-refractivity contribution in [1.29, 1.82) is 0 Å². The fourth-order valence-electron chi connectivity index (χ4n) is 3.14. The third kappa shape index (κ3) is 5.09. The first kappa shape index (κ1) is 21.2. The van der Waals surface area contributed by atoms with Crippen molar-refractivity contribution in [3.63, 3.8) is 0 Å². The van der Waals surface area contributed by atoms with E-state index in [4.69, 9.17) is 9.15 Å². The van der Waals surface area contributed by atoms with E-state index in [1.54, 1.807) is 7.11 Å². The lowest BCUT2D eigenvalue weighted by Crippen LogP contribution is -2.08. The lowest BCUT2D eigenvalue weighted by atomic mass is 10.1. The summed E-state index contributed by atoms with van der Waals surface area (Å²) in [4.78, 5) is 12.8. The number of thioether (sulfide) groups is 1. The van der Waals surface area contributed by atoms with Crippen LogP contribution in [-0.4, -0.2) is 33.4 Å². The van der Waals surface area contributed by atoms with E-state index in [1.165, 1.54) is 11.8 Å². The van der Waals surface area contributed by atoms with E-state index < -0.39 is 0 Å². The van der Waals surface area contributed by atoms with Crippen molar-refractivity contribution in [3.05, 3.63) is 47.3 Å². The molecule has 2 aromatic heterocycles. The van der Waals surface area contributed by atoms with Gasteiger partial charge in [-0.2, -0.15) is 0 Å². The number of ether oxygens (including phenoxy) is 1. The molecule has 0 bridgehead atoms. The topological polar surface area (TPSA) is 70.2 Å². The van der Waals surface area contributed by atoms with Crippen LogP contribution in [0.1, 0.15) is 42.0 Å². The minimum absolute atomic E-state index is 0.0723. The molecule has 1 aromatic carbocycles. The smallest absolute Gasteiger partial charge is 0.277 e. The number of ketones is 1. The van der Waals surface area contributed by atoms with Gasteiger partial charge in [0.1, 0.15) is 5.75 Å². The van der Waals surface area contributed by atoms with E-state index in [0.29, 0.717) is 17.0 Å². The summed E-state index contributed by atoms with van der Waals surface area (Å²) in [6.45, 7) is 9.42. The molecule has 0 amide bonds. The predicted octanol–water partition coefficient (Wildman–Crippen LogP) is 5.18. The Morgan fingerprint density at radius 1 is 1.21 bits per heavy atom. The fourth-order valence-corrected chi connectivity index (χ4v) is 3.78. The second-order valence-electron chi connectivity index (χ2n) is 7.43. The zero-order valence-electron chi connectivity index (χ0n) is 17.6. The van der Waals surface area contributed by atoms with E-state index in [-0.39, 0.29) is 11.5 Å². The van der Waals surface area contributed by atoms with Crippen LogP contribution in [0.3, 0.4) is 0 Å². The van der Waals surface area contributed by atoms with Gasteiger partial charge in [0.2, 0.25) is 5.89 Å². The van der Waals surface area contributed by atoms with Gasteiger partial charge in [-0.05, 0) is 56.5 Å². The number of aromatic nitrogens is 3. The summed E-state index contributed by atoms with van der Waals surface area (Å²) in [6, 6.07) is 9.38. The number of carbonyl (C=O) groups is 1. The van der Waals surface area contributed by atoms with E-state index >= 15 is 0 Å². The van der Waals surface area contributed by atoms with Crippen molar-refractivity contribution >= 4 is 17.5 Å². The molecule has 0 aliphatic rings. The number of nitrogens with zero attached hydrogens (tertiary/aromatic N) is 3. The molecule has 3 aromatic rings. The first-order chi connectivity index (χ1) is 13.9. The summed E-state index contributed by atoms with van der Waals surface area (Å²) in [7, 11) is 1.62. The molecule has 0 unspecified atom stereocenters. The molecule has 0 spiro atoms. The van der Waals surface area contributed by atoms with Gasteiger partial charge in [0, 0.05) is 29.1 Å². The summed E-state index contributed by atoms with van der Waals surface area (Å²) in [5.41, 5.74) is 3.73. The van der Waals surface area contributed by atoms with Crippen molar-refractivity contribution < 1.29 is 13.9 Å². The Hall–Kier alpha value is -2.54. The van der Waals surface area contributed by atoms with Crippen molar-refractivity contribution in [2.24, 2.45) is 5.92 Å². The molecule has 0 aliphatic heterocycles. The highest BCUT2D eigenvalue weighted by atomic mass is 32.2. The van der Waals surface area contributed by atoms with Crippen LogP contribution >= 0.6 is 11.8 Å². The number of carbonyl (C=O) groups excluding carboxylic acids is 1. The molecule has 0 saturated heterocycles. The van der Waals surface area contributed by atoms with Crippen LogP contribution in [0.15, 0.2) is 40.0 Å². The summed E-state index contributed by atoms with van der Waals surface area (Å²) in [5, 5.41) is 8.51. The number of hydrogen-bond donors (Lipinski definition) is 0. The highest BCUT2D eigenvalue weighted by Crippen LogP contribution is 2.26. The minimum atomic E-state index is 0.0723. The normalized spacial score (nSPS) is 11.2. The van der Waals surface area contributed by atoms with Gasteiger partial charge in [0.05, 0.1) is 12.9 Å². The molecule has 0 aliphatic carbocycles. The van der Waals surface area contributed by atoms with Gasteiger partial charge in [-0.1, -0.05) is 25.6 Å². The maximum Gasteiger partial charge on any atom is 0.277 e. The zero-order chi connectivity index (χ0) is 21.0. The van der Waals surface area contributed by atoms with Crippen LogP contribution in [0.5, 0.6) is 5.75 Å². The third-order valence-electron chi connectivity index (χ3n) is 4.87. The van der Waals surface area contributed by atoms with Crippen molar-refractivity contribution in [3.8, 4) is 17.2 Å². The number of hydrogen-bond acceptors (Lipinski definition) is 6. The number of methoxy groups -OCH3 is 1. The first-order valence-electron chi connectivity index (χ1n) is 9.69. The van der Waals surface area contributed by atoms with Gasteiger partial charge in [-0.3, -0.25) is 4.79 Å². The molecule has 0 saturated carbocycles. The Kier molecular flexibility index (Phi) is 6.79. The monoisotopic (exact) mass is 413 g/mol. The lowest BCUT2D eigenvalue weighted by Gasteiger charge is -2.11. The molecule has 6 nitrogen and oxygen atoms in total. The summed E-state index contributed by atoms with van der Waals surface area (Å²) >= 11 is 1.26. The number of aryl methyl sites for hydroxylation is 1. The zero-order valence-corrected chi connectivity index (χ0v) is 18.4. The van der Waals surface area contributed by atoms with Crippen LogP contribution in [0.2, 0.25) is 0 Å². The van der Waals surface area contributed by atoms with Gasteiger partial charge in [-0.15, -0.1) is 10.2 Å². The van der Waals surface area contributed by atoms with Gasteiger partial charge in [0.25, 0.3) is 5.22 Å². The first-order valence-corrected chi connectivity index (χ1v) is 10.7. The largest absolute Gasteiger partial charge is 0.497 e. The Bertz CT molecular complexity index is 974. The standard InChI is InChI=1S/C22H27N3O3S/c1-14(2)10-11-25-15(3)12-19(16(25)4)20(26)13-29-22-24-23-21(28-22)17-6-8-18(27-5)9-7-17/h6-9,12,14H,10-11,13H2,1-5H3. The SMILES string of the molecule is COc1ccc(-c2nnc(SCC(=O)c3cc(C)n(CCC(C)C)c3C)o2)cc1. The highest BCUT2D eigenvalue weighted by molar-refractivity contribution is 7.99. The Labute approximate surface area is 175 Å². The van der Waals surface area contributed by atoms with E-state index in [1.807, 2.05) is 37.3 Å². The van der Waals surface area contributed by atoms with Gasteiger partial charge >= 0.3 is 0 Å². The van der Waals surface area contributed by atoms with Crippen LogP contribution in [0, 0.1) is 19.8 Å². The molecule has 29 heavy (non-hydrogen) atoms. The minimum Gasteiger partial charge on any atom is -0.497 e. The third-order valence-corrected chi connectivity index (χ3v) is 5.69. The molecule has 2 heterocycles. The average molecular weight is 414 g/mol. The summed E-state index contributed by atoms with van der Waals surface area (Å²) in [5.74, 6) is 2.15. The molecular formula is C22H27N3O3S. The van der Waals surface area contributed by atoms with Gasteiger partial charge < -0.3 is 13.7 Å². The number of Topliss-reactive ketones (excluding diaryl/α,β-unsaturated/α-hetero) is 1. The van der Waals surface area contributed by atoms with Crippen molar-refractivity contribution in [2.45, 2.75) is 45.9 Å². The van der Waals surface area contributed by atoms with Crippen LogP contribution in [-0.2, 0) is 6.54 Å². The highest BCUT2D eigenvalue weighted by Gasteiger charge is 2.18. The number of benzene rings is 1. The van der Waals surface area contributed by atoms with Crippen molar-refractivity contribution in [2.75, 3.05) is 12.9 Å². The maximum absolute atomic E-state index is 12.8. The van der Waals surface area contributed by atoms with E-state index in [9.17, 15) is 4.79 Å². The molecule has 7 heteroatoms. The Morgan fingerprint density at radius 3 is 2.59 bits per heavy atom. The fraction of sp³-hybridized carbons (Fsp3) is 0.409. The lowest BCUT2D eigenvalue weighted by molar-refractivity contribution is 0.102. The molecule has 154 valence electrons. The molecule has 0 N–H and O–H groups in total. The molecule has 3 rings (SSSR count). The predicted molar refractivity (Wildman–Crippen MR) is 115 cm³/mol. The molecule has 0 atom stereocenters. The second kappa shape index (κ2) is 9.31. The molecule has 0 radical (unpaired) electrons. The Balaban J connectivity index is 1.64. The molecular weight excluding hydrogens is 386 g/mol. The van der Waals surface area contributed by atoms with Crippen LogP contribution < -0.4 is 4.74 Å². The average Bonchev–Trinajstić information content (AvgIpc) is 3.29. The van der Waals surface area contributed by atoms with E-state index in [2.05, 4.69) is 35.5 Å². The van der Waals surface area contributed by atoms with Crippen LogP contribution in [0.4, 0.5) is 0 Å². The summed E-state index contributed by atoms with van der Waals surface area (Å²) in [6.07, 6.45) is 1.09. The van der Waals surface area contributed by atoms with Gasteiger partial charge in [0.15, 0.2) is 5.78 Å². The van der Waals surface area contributed by atoms with Gasteiger partial charge in [-0.25, -0.2) is 0 Å². The molecule has 0 fully saturated rings. The number of rotatable bonds is 9. The quantitative estimate of drug-likeness (QED) is 0.355.